The SMILES string of the molecule is Cn1cccc1C(C(=O)O)c1ccccc1Br. The summed E-state index contributed by atoms with van der Waals surface area (Å²) in [6.45, 7) is 0. The lowest BCUT2D eigenvalue weighted by Gasteiger charge is -2.15. The van der Waals surface area contributed by atoms with Gasteiger partial charge in [-0.3, -0.25) is 4.79 Å². The van der Waals surface area contributed by atoms with Crippen LogP contribution in [0.25, 0.3) is 0 Å². The predicted molar refractivity (Wildman–Crippen MR) is 69.0 cm³/mol. The minimum atomic E-state index is -0.848. The molecule has 0 fully saturated rings. The third kappa shape index (κ3) is 2.26. The molecule has 0 aliphatic rings. The number of carboxylic acids is 1. The molecule has 0 aliphatic heterocycles. The largest absolute Gasteiger partial charge is 0.480 e. The molecule has 1 N–H and O–H groups in total. The van der Waals surface area contributed by atoms with E-state index in [0.29, 0.717) is 0 Å². The minimum Gasteiger partial charge on any atom is -0.480 e. The van der Waals surface area contributed by atoms with E-state index >= 15 is 0 Å². The molecule has 0 aliphatic carbocycles. The maximum atomic E-state index is 11.5. The molecule has 1 unspecified atom stereocenters. The first kappa shape index (κ1) is 11.9. The van der Waals surface area contributed by atoms with Crippen LogP contribution in [0.1, 0.15) is 17.2 Å². The molecule has 0 saturated carbocycles. The number of rotatable bonds is 3. The van der Waals surface area contributed by atoms with Crippen LogP contribution >= 0.6 is 15.9 Å². The molecule has 1 heterocycles. The highest BCUT2D eigenvalue weighted by molar-refractivity contribution is 9.10. The van der Waals surface area contributed by atoms with E-state index in [1.807, 2.05) is 54.2 Å². The molecule has 0 spiro atoms. The molecule has 2 rings (SSSR count). The summed E-state index contributed by atoms with van der Waals surface area (Å²) in [7, 11) is 1.85. The Kier molecular flexibility index (Phi) is 3.33. The molecule has 17 heavy (non-hydrogen) atoms. The summed E-state index contributed by atoms with van der Waals surface area (Å²) in [6, 6.07) is 11.1. The van der Waals surface area contributed by atoms with Crippen molar-refractivity contribution >= 4 is 21.9 Å². The van der Waals surface area contributed by atoms with Gasteiger partial charge in [0.15, 0.2) is 0 Å². The van der Waals surface area contributed by atoms with Crippen molar-refractivity contribution in [2.75, 3.05) is 0 Å². The summed E-state index contributed by atoms with van der Waals surface area (Å²) in [5, 5.41) is 9.41. The molecule has 3 nitrogen and oxygen atoms in total. The van der Waals surface area contributed by atoms with E-state index in [1.54, 1.807) is 0 Å². The molecule has 0 bridgehead atoms. The zero-order valence-electron chi connectivity index (χ0n) is 9.30. The zero-order chi connectivity index (χ0) is 12.4. The van der Waals surface area contributed by atoms with Crippen LogP contribution in [0.5, 0.6) is 0 Å². The number of hydrogen-bond acceptors (Lipinski definition) is 1. The van der Waals surface area contributed by atoms with Crippen LogP contribution in [0.3, 0.4) is 0 Å². The van der Waals surface area contributed by atoms with Crippen LogP contribution in [0, 0.1) is 0 Å². The van der Waals surface area contributed by atoms with Gasteiger partial charge in [0.2, 0.25) is 0 Å². The van der Waals surface area contributed by atoms with Gasteiger partial charge < -0.3 is 9.67 Å². The number of nitrogens with zero attached hydrogens (tertiary/aromatic N) is 1. The van der Waals surface area contributed by atoms with Gasteiger partial charge in [-0.2, -0.15) is 0 Å². The second kappa shape index (κ2) is 4.75. The van der Waals surface area contributed by atoms with Gasteiger partial charge in [0.05, 0.1) is 0 Å². The number of aromatic nitrogens is 1. The molecule has 1 aromatic carbocycles. The number of benzene rings is 1. The highest BCUT2D eigenvalue weighted by Gasteiger charge is 2.25. The van der Waals surface area contributed by atoms with E-state index in [9.17, 15) is 9.90 Å². The van der Waals surface area contributed by atoms with Gasteiger partial charge in [0.1, 0.15) is 5.92 Å². The van der Waals surface area contributed by atoms with Gasteiger partial charge in [-0.1, -0.05) is 34.1 Å². The van der Waals surface area contributed by atoms with Gasteiger partial charge in [0.25, 0.3) is 0 Å². The van der Waals surface area contributed by atoms with Gasteiger partial charge in [0, 0.05) is 23.4 Å². The summed E-state index contributed by atoms with van der Waals surface area (Å²) < 4.78 is 2.65. The third-order valence-electron chi connectivity index (χ3n) is 2.74. The van der Waals surface area contributed by atoms with Crippen molar-refractivity contribution in [1.29, 1.82) is 0 Å². The molecule has 88 valence electrons. The number of aliphatic carboxylic acids is 1. The Bertz CT molecular complexity index is 548. The number of carbonyl (C=O) groups is 1. The fourth-order valence-electron chi connectivity index (χ4n) is 1.90. The quantitative estimate of drug-likeness (QED) is 0.945. The van der Waals surface area contributed by atoms with E-state index in [4.69, 9.17) is 0 Å². The van der Waals surface area contributed by atoms with Crippen molar-refractivity contribution in [3.8, 4) is 0 Å². The summed E-state index contributed by atoms with van der Waals surface area (Å²) in [6.07, 6.45) is 1.85. The highest BCUT2D eigenvalue weighted by Crippen LogP contribution is 2.30. The second-order valence-corrected chi connectivity index (χ2v) is 4.69. The van der Waals surface area contributed by atoms with Crippen LogP contribution in [0.4, 0.5) is 0 Å². The first-order valence-corrected chi connectivity index (χ1v) is 5.99. The molecule has 0 amide bonds. The maximum Gasteiger partial charge on any atom is 0.317 e. The van der Waals surface area contributed by atoms with Crippen molar-refractivity contribution in [3.63, 3.8) is 0 Å². The minimum absolute atomic E-state index is 0.648. The van der Waals surface area contributed by atoms with Crippen molar-refractivity contribution in [2.24, 2.45) is 7.05 Å². The van der Waals surface area contributed by atoms with Crippen LogP contribution in [-0.2, 0) is 11.8 Å². The molecule has 2 aromatic rings. The van der Waals surface area contributed by atoms with Crippen molar-refractivity contribution in [3.05, 3.63) is 58.3 Å². The molecule has 0 saturated heterocycles. The van der Waals surface area contributed by atoms with Crippen molar-refractivity contribution in [2.45, 2.75) is 5.92 Å². The molecule has 4 heteroatoms. The number of hydrogen-bond donors (Lipinski definition) is 1. The highest BCUT2D eigenvalue weighted by atomic mass is 79.9. The fraction of sp³-hybridized carbons (Fsp3) is 0.154. The standard InChI is InChI=1S/C13H12BrNO2/c1-15-8-4-7-11(15)12(13(16)17)9-5-2-3-6-10(9)14/h2-8,12H,1H3,(H,16,17). The van der Waals surface area contributed by atoms with E-state index in [1.165, 1.54) is 0 Å². The van der Waals surface area contributed by atoms with E-state index in [2.05, 4.69) is 15.9 Å². The predicted octanol–water partition coefficient (Wildman–Crippen LogP) is 3.00. The number of aryl methyl sites for hydroxylation is 1. The summed E-state index contributed by atoms with van der Waals surface area (Å²) >= 11 is 3.40. The van der Waals surface area contributed by atoms with Gasteiger partial charge in [-0.15, -0.1) is 0 Å². The van der Waals surface area contributed by atoms with Gasteiger partial charge >= 0.3 is 5.97 Å². The van der Waals surface area contributed by atoms with E-state index < -0.39 is 11.9 Å². The smallest absolute Gasteiger partial charge is 0.317 e. The number of carboxylic acid groups (broad SMARTS) is 1. The Hall–Kier alpha value is -1.55. The molecular formula is C13H12BrNO2. The van der Waals surface area contributed by atoms with Gasteiger partial charge in [-0.25, -0.2) is 0 Å². The molecule has 1 atom stereocenters. The normalized spacial score (nSPS) is 12.4. The average Bonchev–Trinajstić information content (AvgIpc) is 2.68. The molecule has 0 radical (unpaired) electrons. The Morgan fingerprint density at radius 2 is 2.00 bits per heavy atom. The monoisotopic (exact) mass is 293 g/mol. The van der Waals surface area contributed by atoms with Crippen LogP contribution in [0.15, 0.2) is 47.1 Å². The Labute approximate surface area is 108 Å². The lowest BCUT2D eigenvalue weighted by molar-refractivity contribution is -0.137. The summed E-state index contributed by atoms with van der Waals surface area (Å²) in [4.78, 5) is 11.5. The van der Waals surface area contributed by atoms with Crippen LogP contribution in [-0.4, -0.2) is 15.6 Å². The Balaban J connectivity index is 2.55. The average molecular weight is 294 g/mol. The fourth-order valence-corrected chi connectivity index (χ4v) is 2.42. The maximum absolute atomic E-state index is 11.5. The van der Waals surface area contributed by atoms with E-state index in [-0.39, 0.29) is 0 Å². The summed E-state index contributed by atoms with van der Waals surface area (Å²) in [5.41, 5.74) is 1.53. The van der Waals surface area contributed by atoms with Crippen molar-refractivity contribution < 1.29 is 9.90 Å². The van der Waals surface area contributed by atoms with E-state index in [0.717, 1.165) is 15.7 Å². The molecule has 1 aromatic heterocycles. The lowest BCUT2D eigenvalue weighted by atomic mass is 9.96. The topological polar surface area (TPSA) is 42.2 Å². The van der Waals surface area contributed by atoms with Crippen molar-refractivity contribution in [1.82, 2.24) is 4.57 Å². The second-order valence-electron chi connectivity index (χ2n) is 3.84. The first-order valence-electron chi connectivity index (χ1n) is 5.19. The number of halogens is 1. The summed E-state index contributed by atoms with van der Waals surface area (Å²) in [5.74, 6) is -1.50. The third-order valence-corrected chi connectivity index (χ3v) is 3.47. The Morgan fingerprint density at radius 1 is 1.29 bits per heavy atom. The van der Waals surface area contributed by atoms with Crippen LogP contribution in [0.2, 0.25) is 0 Å². The Morgan fingerprint density at radius 3 is 2.53 bits per heavy atom. The van der Waals surface area contributed by atoms with Crippen LogP contribution < -0.4 is 0 Å². The lowest BCUT2D eigenvalue weighted by Crippen LogP contribution is -2.16. The van der Waals surface area contributed by atoms with Gasteiger partial charge in [-0.05, 0) is 23.8 Å². The first-order chi connectivity index (χ1) is 8.11. The molecular weight excluding hydrogens is 282 g/mol. The zero-order valence-corrected chi connectivity index (χ0v) is 10.9.